The first-order valence-corrected chi connectivity index (χ1v) is 4.60. The summed E-state index contributed by atoms with van der Waals surface area (Å²) in [6.45, 7) is 0. The van der Waals surface area contributed by atoms with Crippen LogP contribution in [0.1, 0.15) is 0 Å². The molecule has 1 aromatic heterocycles. The highest BCUT2D eigenvalue weighted by Crippen LogP contribution is 2.29. The van der Waals surface area contributed by atoms with Crippen LogP contribution >= 0.6 is 36.5 Å². The van der Waals surface area contributed by atoms with Crippen molar-refractivity contribution in [1.82, 2.24) is 0 Å². The lowest BCUT2D eigenvalue weighted by Gasteiger charge is -1.91. The molecule has 0 saturated carbocycles. The molecule has 0 spiro atoms. The predicted octanol–water partition coefficient (Wildman–Crippen LogP) is 2.88. The molecule has 1 rings (SSSR count). The van der Waals surface area contributed by atoms with E-state index in [1.807, 2.05) is 15.3 Å². The molecule has 0 amide bonds. The predicted molar refractivity (Wildman–Crippen MR) is 47.8 cm³/mol. The summed E-state index contributed by atoms with van der Waals surface area (Å²) in [5.74, 6) is 0. The summed E-state index contributed by atoms with van der Waals surface area (Å²) in [5.41, 5.74) is -0.366. The van der Waals surface area contributed by atoms with E-state index in [0.717, 1.165) is 3.79 Å². The highest BCUT2D eigenvalue weighted by molar-refractivity contribution is 9.11. The van der Waals surface area contributed by atoms with E-state index in [-0.39, 0.29) is 5.71 Å². The minimum Gasteiger partial charge on any atom is -0.413 e. The lowest BCUT2D eigenvalue weighted by molar-refractivity contribution is 0.228. The van der Waals surface area contributed by atoms with Crippen molar-refractivity contribution in [3.8, 4) is 5.06 Å². The summed E-state index contributed by atoms with van der Waals surface area (Å²) >= 11 is 4.62. The molecule has 1 aromatic rings. The third-order valence-corrected chi connectivity index (χ3v) is 2.37. The Morgan fingerprint density at radius 3 is 2.80 bits per heavy atom. The van der Waals surface area contributed by atoms with E-state index >= 15 is 0 Å². The normalized spacial score (nSPS) is 9.40. The van der Waals surface area contributed by atoms with Crippen LogP contribution in [0.3, 0.4) is 0 Å². The van der Waals surface area contributed by atoms with Gasteiger partial charge < -0.3 is 4.74 Å². The molecular formula is C5H4BrO2PS. The van der Waals surface area contributed by atoms with Crippen LogP contribution in [0.15, 0.2) is 15.9 Å². The molecule has 0 bridgehead atoms. The highest BCUT2D eigenvalue weighted by Gasteiger charge is 1.99. The number of ether oxygens (including phenoxy) is 1. The van der Waals surface area contributed by atoms with Gasteiger partial charge in [0.25, 0.3) is 0 Å². The second-order valence-corrected chi connectivity index (χ2v) is 4.38. The van der Waals surface area contributed by atoms with Gasteiger partial charge in [-0.25, -0.2) is 4.79 Å². The zero-order valence-electron chi connectivity index (χ0n) is 4.83. The second kappa shape index (κ2) is 3.46. The molecule has 0 aliphatic heterocycles. The zero-order valence-corrected chi connectivity index (χ0v) is 8.39. The number of rotatable bonds is 1. The van der Waals surface area contributed by atoms with E-state index in [1.54, 1.807) is 6.07 Å². The Balaban J connectivity index is 2.67. The van der Waals surface area contributed by atoms with E-state index in [1.165, 1.54) is 11.3 Å². The Labute approximate surface area is 72.9 Å². The quantitative estimate of drug-likeness (QED) is 0.704. The fourth-order valence-corrected chi connectivity index (χ4v) is 1.86. The first-order chi connectivity index (χ1) is 4.68. The third-order valence-electron chi connectivity index (χ3n) is 0.750. The fourth-order valence-electron chi connectivity index (χ4n) is 0.452. The summed E-state index contributed by atoms with van der Waals surface area (Å²) in [7, 11) is 1.95. The Hall–Kier alpha value is 0.0800. The first kappa shape index (κ1) is 8.18. The average molecular weight is 239 g/mol. The lowest BCUT2D eigenvalue weighted by atomic mass is 10.7. The van der Waals surface area contributed by atoms with Gasteiger partial charge in [0, 0.05) is 0 Å². The van der Waals surface area contributed by atoms with Gasteiger partial charge in [-0.15, -0.1) is 0 Å². The monoisotopic (exact) mass is 238 g/mol. The number of carbonyl (C=O) groups is 1. The van der Waals surface area contributed by atoms with Gasteiger partial charge in [-0.3, -0.25) is 0 Å². The van der Waals surface area contributed by atoms with Gasteiger partial charge in [0.1, 0.15) is 0 Å². The Morgan fingerprint density at radius 2 is 2.40 bits per heavy atom. The topological polar surface area (TPSA) is 26.3 Å². The maximum atomic E-state index is 10.4. The van der Waals surface area contributed by atoms with Crippen molar-refractivity contribution in [2.75, 3.05) is 0 Å². The van der Waals surface area contributed by atoms with Gasteiger partial charge in [0.05, 0.1) is 3.79 Å². The summed E-state index contributed by atoms with van der Waals surface area (Å²) in [5, 5.41) is 0.604. The van der Waals surface area contributed by atoms with E-state index in [9.17, 15) is 4.79 Å². The number of hydrogen-bond acceptors (Lipinski definition) is 3. The van der Waals surface area contributed by atoms with Gasteiger partial charge in [0.2, 0.25) is 0 Å². The minimum atomic E-state index is -0.366. The molecule has 5 heteroatoms. The molecule has 0 fully saturated rings. The molecule has 54 valence electrons. The molecular weight excluding hydrogens is 235 g/mol. The average Bonchev–Trinajstić information content (AvgIpc) is 2.13. The molecule has 0 aliphatic rings. The lowest BCUT2D eigenvalue weighted by Crippen LogP contribution is -1.91. The molecule has 10 heavy (non-hydrogen) atoms. The van der Waals surface area contributed by atoms with Crippen LogP contribution < -0.4 is 4.74 Å². The van der Waals surface area contributed by atoms with Crippen molar-refractivity contribution in [3.63, 3.8) is 0 Å². The van der Waals surface area contributed by atoms with Gasteiger partial charge in [-0.1, -0.05) is 11.3 Å². The van der Waals surface area contributed by atoms with Crippen molar-refractivity contribution >= 4 is 42.2 Å². The largest absolute Gasteiger partial charge is 0.413 e. The molecule has 1 unspecified atom stereocenters. The first-order valence-electron chi connectivity index (χ1n) is 2.41. The number of halogens is 1. The SMILES string of the molecule is O=C(P)Oc1ccc(Br)s1. The Morgan fingerprint density at radius 1 is 1.70 bits per heavy atom. The van der Waals surface area contributed by atoms with E-state index in [2.05, 4.69) is 15.9 Å². The fraction of sp³-hybridized carbons (Fsp3) is 0. The summed E-state index contributed by atoms with van der Waals surface area (Å²) in [6.07, 6.45) is 0. The maximum absolute atomic E-state index is 10.4. The van der Waals surface area contributed by atoms with Crippen molar-refractivity contribution in [1.29, 1.82) is 0 Å². The standard InChI is InChI=1S/C5H4BrO2PS/c6-3-1-2-4(10-3)8-5(7)9/h1-2H,9H2. The smallest absolute Gasteiger partial charge is 0.325 e. The van der Waals surface area contributed by atoms with Crippen molar-refractivity contribution < 1.29 is 9.53 Å². The second-order valence-electron chi connectivity index (χ2n) is 1.48. The Kier molecular flexibility index (Phi) is 2.83. The van der Waals surface area contributed by atoms with Gasteiger partial charge in [0.15, 0.2) is 5.06 Å². The van der Waals surface area contributed by atoms with Crippen molar-refractivity contribution in [2.45, 2.75) is 0 Å². The minimum absolute atomic E-state index is 0.366. The van der Waals surface area contributed by atoms with Crippen molar-refractivity contribution in [2.24, 2.45) is 0 Å². The van der Waals surface area contributed by atoms with E-state index in [0.29, 0.717) is 5.06 Å². The molecule has 0 saturated heterocycles. The Bertz CT molecular complexity index is 248. The molecule has 1 heterocycles. The molecule has 0 aromatic carbocycles. The van der Waals surface area contributed by atoms with E-state index in [4.69, 9.17) is 4.74 Å². The van der Waals surface area contributed by atoms with Gasteiger partial charge in [-0.05, 0) is 37.3 Å². The van der Waals surface area contributed by atoms with Crippen LogP contribution in [0.4, 0.5) is 4.79 Å². The number of hydrogen-bond donors (Lipinski definition) is 0. The van der Waals surface area contributed by atoms with Crippen LogP contribution in [0.25, 0.3) is 0 Å². The third kappa shape index (κ3) is 2.37. The maximum Gasteiger partial charge on any atom is 0.325 e. The zero-order chi connectivity index (χ0) is 7.56. The summed E-state index contributed by atoms with van der Waals surface area (Å²) < 4.78 is 5.70. The molecule has 0 N–H and O–H groups in total. The summed E-state index contributed by atoms with van der Waals surface area (Å²) in [4.78, 5) is 10.4. The number of carbonyl (C=O) groups excluding carboxylic acids is 1. The highest BCUT2D eigenvalue weighted by atomic mass is 79.9. The van der Waals surface area contributed by atoms with Crippen LogP contribution in [-0.2, 0) is 0 Å². The number of thiophene rings is 1. The molecule has 0 radical (unpaired) electrons. The molecule has 0 aliphatic carbocycles. The molecule has 1 atom stereocenters. The van der Waals surface area contributed by atoms with Crippen molar-refractivity contribution in [3.05, 3.63) is 15.9 Å². The molecule has 2 nitrogen and oxygen atoms in total. The summed E-state index contributed by atoms with van der Waals surface area (Å²) in [6, 6.07) is 3.56. The van der Waals surface area contributed by atoms with Crippen LogP contribution in [0.2, 0.25) is 0 Å². The van der Waals surface area contributed by atoms with E-state index < -0.39 is 0 Å². The van der Waals surface area contributed by atoms with Crippen LogP contribution in [0.5, 0.6) is 5.06 Å². The van der Waals surface area contributed by atoms with Crippen LogP contribution in [0, 0.1) is 0 Å². The van der Waals surface area contributed by atoms with Gasteiger partial charge >= 0.3 is 5.71 Å². The van der Waals surface area contributed by atoms with Crippen LogP contribution in [-0.4, -0.2) is 5.71 Å². The van der Waals surface area contributed by atoms with Gasteiger partial charge in [-0.2, -0.15) is 0 Å².